The maximum absolute atomic E-state index is 14.6. The summed E-state index contributed by atoms with van der Waals surface area (Å²) in [6, 6.07) is 0. The van der Waals surface area contributed by atoms with Gasteiger partial charge in [0.25, 0.3) is 0 Å². The first kappa shape index (κ1) is 55.1. The Morgan fingerprint density at radius 1 is 0.537 bits per heavy atom. The molecule has 17 fully saturated rings. The van der Waals surface area contributed by atoms with Crippen LogP contribution >= 0.6 is 0 Å². The molecule has 0 aliphatic carbocycles. The van der Waals surface area contributed by atoms with Crippen LogP contribution in [0.5, 0.6) is 0 Å². The van der Waals surface area contributed by atoms with Crippen LogP contribution in [-0.2, 0) is 75.8 Å². The highest BCUT2D eigenvalue weighted by Gasteiger charge is 2.67. The van der Waals surface area contributed by atoms with E-state index in [0.717, 1.165) is 44.1 Å². The minimum absolute atomic E-state index is 0.00133. The zero-order valence-electron chi connectivity index (χ0n) is 47.4. The summed E-state index contributed by atoms with van der Waals surface area (Å²) in [6.45, 7) is 15.3. The van der Waals surface area contributed by atoms with Crippen LogP contribution in [-0.4, -0.2) is 192 Å². The van der Waals surface area contributed by atoms with E-state index < -0.39 is 60.6 Å². The molecule has 0 saturated carbocycles. The number of carbonyl (C=O) groups is 1. The second-order valence-corrected chi connectivity index (χ2v) is 28.2. The summed E-state index contributed by atoms with van der Waals surface area (Å²) in [7, 11) is 0. The number of aliphatic hydroxyl groups is 3. The van der Waals surface area contributed by atoms with Crippen LogP contribution < -0.4 is 0 Å². The Hall–Kier alpha value is -1.47. The minimum Gasteiger partial charge on any atom is -0.459 e. The molecule has 2 unspecified atom stereocenters. The normalized spacial score (nSPS) is 57.7. The lowest BCUT2D eigenvalue weighted by atomic mass is 9.75. The second kappa shape index (κ2) is 20.9. The molecule has 17 aliphatic rings. The van der Waals surface area contributed by atoms with Crippen LogP contribution in [0, 0.1) is 41.9 Å². The van der Waals surface area contributed by atoms with Gasteiger partial charge in [0.15, 0.2) is 23.7 Å². The molecule has 19 heteroatoms. The number of ether oxygens (including phenoxy) is 15. The minimum atomic E-state index is -1.01. The Balaban J connectivity index is 0.652. The zero-order chi connectivity index (χ0) is 54.7. The Morgan fingerprint density at radius 3 is 2.10 bits per heavy atom. The monoisotopic (exact) mass is 1130 g/mol. The second-order valence-electron chi connectivity index (χ2n) is 28.2. The van der Waals surface area contributed by atoms with Crippen molar-refractivity contribution >= 4 is 5.97 Å². The largest absolute Gasteiger partial charge is 0.459 e. The summed E-state index contributed by atoms with van der Waals surface area (Å²) in [5.41, 5.74) is 1.14. The predicted molar refractivity (Wildman–Crippen MR) is 278 cm³/mol. The van der Waals surface area contributed by atoms with Gasteiger partial charge in [-0.15, -0.1) is 0 Å². The summed E-state index contributed by atoms with van der Waals surface area (Å²) in [5.74, 6) is -2.14. The number of hydrogen-bond acceptors (Lipinski definition) is 19. The summed E-state index contributed by atoms with van der Waals surface area (Å²) in [5, 5.41) is 30.4. The average Bonchev–Trinajstić information content (AvgIpc) is 4.34. The lowest BCUT2D eigenvalue weighted by Crippen LogP contribution is -2.73. The molecule has 0 aromatic rings. The van der Waals surface area contributed by atoms with Crippen molar-refractivity contribution in [2.24, 2.45) is 35.5 Å². The fraction of sp³-hybridized carbons (Fsp3) is 0.934. The molecule has 80 heavy (non-hydrogen) atoms. The molecular formula is C61H89O19. The third kappa shape index (κ3) is 9.76. The van der Waals surface area contributed by atoms with Crippen molar-refractivity contribution in [1.29, 1.82) is 0 Å². The molecule has 17 saturated heterocycles. The van der Waals surface area contributed by atoms with Gasteiger partial charge in [0.05, 0.1) is 147 Å². The standard InChI is InChI=1S/C61H89O19/c1-27-13-34-7-9-38-28(2)14-36(66-38)11-12-59-24-49-52(58(73-49)80-59)43-20-47(76-59)57-39(69-43)10-8-35(68-57)16-51(65)74-56-32(6)55-45(70-44(56)17-40(67-34)31(27)5)19-42-48(72-55)23-61(75-42)25-50-54(79-61)30(4)22-60(78-50)21-29(3)53-46(77-60)18-41(71-53)37(64)15-33(63)26-62/h20,27,29-50,52-58,62-64H,2,7-19,21-26H2,1,3-6H3/t27-,29+,30+,31-,32+,33-,34+,35-,36+,37+,38+,39+,40-,41+,42-,43-,44+,45+,46+,47-,48-,49+,50+,52+,53+,54+,55+,56-,57+,58?,59?,60-,61+/m1/s1. The number of esters is 1. The Bertz CT molecular complexity index is 2300. The van der Waals surface area contributed by atoms with E-state index in [2.05, 4.69) is 47.6 Å². The van der Waals surface area contributed by atoms with Crippen LogP contribution in [0.15, 0.2) is 12.2 Å². The summed E-state index contributed by atoms with van der Waals surface area (Å²) in [4.78, 5) is 14.6. The van der Waals surface area contributed by atoms with Crippen LogP contribution in [0.1, 0.15) is 150 Å². The number of carbonyl (C=O) groups excluding carboxylic acids is 1. The fourth-order valence-corrected chi connectivity index (χ4v) is 18.4. The van der Waals surface area contributed by atoms with Gasteiger partial charge in [-0.05, 0) is 74.2 Å². The number of hydrogen-bond donors (Lipinski definition) is 3. The van der Waals surface area contributed by atoms with Gasteiger partial charge in [-0.3, -0.25) is 4.79 Å². The van der Waals surface area contributed by atoms with E-state index in [1.54, 1.807) is 0 Å². The van der Waals surface area contributed by atoms with Crippen molar-refractivity contribution in [2.45, 2.75) is 314 Å². The van der Waals surface area contributed by atoms with Crippen molar-refractivity contribution in [2.75, 3.05) is 6.61 Å². The van der Waals surface area contributed by atoms with Crippen molar-refractivity contribution in [1.82, 2.24) is 0 Å². The first-order valence-electron chi connectivity index (χ1n) is 31.5. The summed E-state index contributed by atoms with van der Waals surface area (Å²) < 4.78 is 103. The molecule has 1 radical (unpaired) electrons. The van der Waals surface area contributed by atoms with E-state index in [1.807, 2.05) is 0 Å². The zero-order valence-corrected chi connectivity index (χ0v) is 47.4. The fourth-order valence-electron chi connectivity index (χ4n) is 18.4. The molecular weight excluding hydrogens is 1040 g/mol. The van der Waals surface area contributed by atoms with Crippen LogP contribution in [0.2, 0.25) is 0 Å². The lowest BCUT2D eigenvalue weighted by molar-refractivity contribution is -0.476. The van der Waals surface area contributed by atoms with Gasteiger partial charge >= 0.3 is 5.97 Å². The Labute approximate surface area is 470 Å². The maximum atomic E-state index is 14.6. The quantitative estimate of drug-likeness (QED) is 0.237. The van der Waals surface area contributed by atoms with Crippen LogP contribution in [0.3, 0.4) is 0 Å². The molecule has 447 valence electrons. The van der Waals surface area contributed by atoms with Gasteiger partial charge in [0, 0.05) is 76.5 Å². The van der Waals surface area contributed by atoms with Gasteiger partial charge in [0.2, 0.25) is 0 Å². The predicted octanol–water partition coefficient (Wildman–Crippen LogP) is 5.41. The van der Waals surface area contributed by atoms with E-state index in [0.29, 0.717) is 70.1 Å². The molecule has 0 amide bonds. The molecule has 33 atom stereocenters. The van der Waals surface area contributed by atoms with E-state index in [4.69, 9.17) is 71.1 Å². The van der Waals surface area contributed by atoms with E-state index in [-0.39, 0.29) is 158 Å². The first-order valence-corrected chi connectivity index (χ1v) is 31.5. The molecule has 3 spiro atoms. The van der Waals surface area contributed by atoms with Gasteiger partial charge in [-0.25, -0.2) is 0 Å². The molecule has 17 rings (SSSR count). The van der Waals surface area contributed by atoms with Crippen LogP contribution in [0.4, 0.5) is 0 Å². The molecule has 3 N–H and O–H groups in total. The van der Waals surface area contributed by atoms with Gasteiger partial charge in [0.1, 0.15) is 12.2 Å². The van der Waals surface area contributed by atoms with Crippen molar-refractivity contribution in [3.8, 4) is 0 Å². The number of fused-ring (bicyclic) bond motifs is 10. The molecule has 17 heterocycles. The summed E-state index contributed by atoms with van der Waals surface area (Å²) in [6.07, 6.45) is 5.62. The van der Waals surface area contributed by atoms with Crippen molar-refractivity contribution in [3.05, 3.63) is 18.6 Å². The van der Waals surface area contributed by atoms with Crippen LogP contribution in [0.25, 0.3) is 0 Å². The molecule has 17 aliphatic heterocycles. The highest BCUT2D eigenvalue weighted by atomic mass is 16.8. The van der Waals surface area contributed by atoms with Gasteiger partial charge in [-0.2, -0.15) is 0 Å². The third-order valence-electron chi connectivity index (χ3n) is 22.5. The third-order valence-corrected chi connectivity index (χ3v) is 22.5. The van der Waals surface area contributed by atoms with E-state index in [1.165, 1.54) is 0 Å². The highest BCUT2D eigenvalue weighted by molar-refractivity contribution is 5.70. The first-order chi connectivity index (χ1) is 38.5. The van der Waals surface area contributed by atoms with Crippen molar-refractivity contribution in [3.63, 3.8) is 0 Å². The molecule has 12 bridgehead atoms. The number of rotatable bonds is 4. The maximum Gasteiger partial charge on any atom is 0.308 e. The van der Waals surface area contributed by atoms with E-state index in [9.17, 15) is 20.1 Å². The van der Waals surface area contributed by atoms with Gasteiger partial charge < -0.3 is 86.4 Å². The average molecular weight is 1130 g/mol. The molecule has 0 aromatic heterocycles. The van der Waals surface area contributed by atoms with Crippen molar-refractivity contribution < 1.29 is 91.2 Å². The number of aliphatic hydroxyl groups excluding tert-OH is 3. The smallest absolute Gasteiger partial charge is 0.308 e. The van der Waals surface area contributed by atoms with Gasteiger partial charge in [-0.1, -0.05) is 41.2 Å². The Kier molecular flexibility index (Phi) is 14.4. The topological polar surface area (TPSA) is 216 Å². The highest BCUT2D eigenvalue weighted by Crippen LogP contribution is 2.58. The molecule has 19 nitrogen and oxygen atoms in total. The SMILES string of the molecule is C=C1C[C@@H]2CCC34C[C@@H]5OC(O3)[C@H]5[C@H]3[CH][C@@H](O4)[C@H]4O[C@H](CC[C@@H]4O3)CC(=O)O[C@@H]3[C@@H](C)[C@@H]4O[C@@H]5C[C@]6(C[C@@H]7O[C@]8(C[C@H](C)[C@@H]9O[C@H]([C@@H](O)C[C@@H](O)CO)C[C@@H]9O8)C[C@H](C)[C@@H]7O6)O[C@@H]5C[C@@H]4O[C@H]3C[C@H]3O[C@@H](CC[C@@H]1O2)C[C@@H](C)[C@H]3C. The lowest BCUT2D eigenvalue weighted by Gasteiger charge is -2.63. The van der Waals surface area contributed by atoms with E-state index >= 15 is 0 Å². The molecule has 0 aromatic carbocycles. The summed E-state index contributed by atoms with van der Waals surface area (Å²) >= 11 is 0. The Morgan fingerprint density at radius 2 is 1.27 bits per heavy atom.